The van der Waals surface area contributed by atoms with Crippen molar-refractivity contribution in [1.82, 2.24) is 0 Å². The van der Waals surface area contributed by atoms with Crippen LogP contribution in [-0.4, -0.2) is 11.2 Å². The SMILES string of the molecule is CC.CC(C)C/C=C/CC1CCC2/C(=C/C=C3\CCCC(O)C3)CCCC12C. The summed E-state index contributed by atoms with van der Waals surface area (Å²) in [5, 5.41) is 9.91. The average molecular weight is 387 g/mol. The molecule has 0 aromatic carbocycles. The molecule has 0 spiro atoms. The highest BCUT2D eigenvalue weighted by molar-refractivity contribution is 5.25. The lowest BCUT2D eigenvalue weighted by molar-refractivity contribution is 0.137. The molecule has 4 unspecified atom stereocenters. The summed E-state index contributed by atoms with van der Waals surface area (Å²) in [6.45, 7) is 11.2. The first-order valence-electron chi connectivity index (χ1n) is 12.2. The molecule has 0 aliphatic heterocycles. The number of fused-ring (bicyclic) bond motifs is 1. The summed E-state index contributed by atoms with van der Waals surface area (Å²) >= 11 is 0. The van der Waals surface area contributed by atoms with Gasteiger partial charge in [0, 0.05) is 0 Å². The van der Waals surface area contributed by atoms with E-state index in [9.17, 15) is 5.11 Å². The van der Waals surface area contributed by atoms with Crippen LogP contribution >= 0.6 is 0 Å². The van der Waals surface area contributed by atoms with Gasteiger partial charge in [0.1, 0.15) is 0 Å². The van der Waals surface area contributed by atoms with Gasteiger partial charge in [-0.05, 0) is 93.8 Å². The zero-order chi connectivity index (χ0) is 20.6. The number of hydrogen-bond acceptors (Lipinski definition) is 1. The summed E-state index contributed by atoms with van der Waals surface area (Å²) in [6.07, 6.45) is 23.2. The molecule has 3 aliphatic rings. The second-order valence-electron chi connectivity index (χ2n) is 9.84. The van der Waals surface area contributed by atoms with E-state index in [1.807, 2.05) is 13.8 Å². The molecular weight excluding hydrogens is 340 g/mol. The van der Waals surface area contributed by atoms with E-state index >= 15 is 0 Å². The third kappa shape index (κ3) is 6.09. The zero-order valence-electron chi connectivity index (χ0n) is 19.3. The minimum atomic E-state index is -0.0986. The van der Waals surface area contributed by atoms with Gasteiger partial charge < -0.3 is 5.11 Å². The zero-order valence-corrected chi connectivity index (χ0v) is 19.3. The maximum Gasteiger partial charge on any atom is 0.0577 e. The molecular formula is C27H46O. The van der Waals surface area contributed by atoms with Gasteiger partial charge in [0.15, 0.2) is 0 Å². The highest BCUT2D eigenvalue weighted by Gasteiger charge is 2.48. The van der Waals surface area contributed by atoms with E-state index in [0.717, 1.165) is 37.0 Å². The molecule has 3 fully saturated rings. The largest absolute Gasteiger partial charge is 0.393 e. The molecule has 0 amide bonds. The van der Waals surface area contributed by atoms with Crippen molar-refractivity contribution in [2.45, 2.75) is 111 Å². The fourth-order valence-electron chi connectivity index (χ4n) is 5.81. The highest BCUT2D eigenvalue weighted by atomic mass is 16.3. The monoisotopic (exact) mass is 386 g/mol. The van der Waals surface area contributed by atoms with Crippen LogP contribution in [-0.2, 0) is 0 Å². The molecule has 1 N–H and O–H groups in total. The van der Waals surface area contributed by atoms with Gasteiger partial charge >= 0.3 is 0 Å². The Bertz CT molecular complexity index is 553. The molecule has 0 radical (unpaired) electrons. The van der Waals surface area contributed by atoms with Gasteiger partial charge in [-0.1, -0.05) is 70.1 Å². The van der Waals surface area contributed by atoms with Crippen LogP contribution in [0.4, 0.5) is 0 Å². The van der Waals surface area contributed by atoms with Gasteiger partial charge in [0.25, 0.3) is 0 Å². The number of hydrogen-bond donors (Lipinski definition) is 1. The van der Waals surface area contributed by atoms with Crippen molar-refractivity contribution in [3.05, 3.63) is 35.5 Å². The minimum absolute atomic E-state index is 0.0986. The maximum atomic E-state index is 9.91. The fraction of sp³-hybridized carbons (Fsp3) is 0.778. The van der Waals surface area contributed by atoms with Crippen LogP contribution < -0.4 is 0 Å². The van der Waals surface area contributed by atoms with Crippen molar-refractivity contribution < 1.29 is 5.11 Å². The lowest BCUT2D eigenvalue weighted by Crippen LogP contribution is -2.33. The van der Waals surface area contributed by atoms with Gasteiger partial charge in [-0.2, -0.15) is 0 Å². The number of aliphatic hydroxyl groups excluding tert-OH is 1. The van der Waals surface area contributed by atoms with Gasteiger partial charge in [0.2, 0.25) is 0 Å². The summed E-state index contributed by atoms with van der Waals surface area (Å²) in [5.41, 5.74) is 3.69. The first kappa shape index (κ1) is 23.5. The first-order valence-corrected chi connectivity index (χ1v) is 12.2. The van der Waals surface area contributed by atoms with Crippen LogP contribution in [0.3, 0.4) is 0 Å². The van der Waals surface area contributed by atoms with Crippen molar-refractivity contribution in [3.63, 3.8) is 0 Å². The van der Waals surface area contributed by atoms with Crippen LogP contribution in [0.15, 0.2) is 35.5 Å². The summed E-state index contributed by atoms with van der Waals surface area (Å²) in [6, 6.07) is 0. The number of rotatable bonds is 5. The molecule has 3 saturated carbocycles. The smallest absolute Gasteiger partial charge is 0.0577 e. The van der Waals surface area contributed by atoms with E-state index in [1.54, 1.807) is 5.57 Å². The van der Waals surface area contributed by atoms with Crippen LogP contribution in [0.1, 0.15) is 105 Å². The Hall–Kier alpha value is -0.820. The van der Waals surface area contributed by atoms with Crippen molar-refractivity contribution in [3.8, 4) is 0 Å². The first-order chi connectivity index (χ1) is 13.5. The Balaban J connectivity index is 0.00000136. The fourth-order valence-corrected chi connectivity index (χ4v) is 5.81. The lowest BCUT2D eigenvalue weighted by atomic mass is 9.63. The molecule has 160 valence electrons. The summed E-state index contributed by atoms with van der Waals surface area (Å²) in [7, 11) is 0. The second kappa shape index (κ2) is 11.4. The predicted molar refractivity (Wildman–Crippen MR) is 123 cm³/mol. The predicted octanol–water partition coefficient (Wildman–Crippen LogP) is 8.01. The normalized spacial score (nSPS) is 36.0. The summed E-state index contributed by atoms with van der Waals surface area (Å²) < 4.78 is 0. The minimum Gasteiger partial charge on any atom is -0.393 e. The third-order valence-electron chi connectivity index (χ3n) is 7.42. The quantitative estimate of drug-likeness (QED) is 0.474. The standard InChI is InChI=1S/C25H40O.C2H6/c1-19(2)8-4-5-11-22-15-16-24-21(10-7-17-25(22,24)3)14-13-20-9-6-12-23(26)18-20;1-2/h4-5,13-14,19,22-24,26H,6-12,15-18H2,1-3H3;1-2H3/b5-4+,20-13+,21-14+;. The Kier molecular flexibility index (Phi) is 9.54. The molecule has 28 heavy (non-hydrogen) atoms. The van der Waals surface area contributed by atoms with E-state index in [-0.39, 0.29) is 6.10 Å². The van der Waals surface area contributed by atoms with Crippen molar-refractivity contribution in [1.29, 1.82) is 0 Å². The van der Waals surface area contributed by atoms with Crippen LogP contribution in [0, 0.1) is 23.2 Å². The van der Waals surface area contributed by atoms with Crippen LogP contribution in [0.5, 0.6) is 0 Å². The molecule has 3 aliphatic carbocycles. The van der Waals surface area contributed by atoms with E-state index in [2.05, 4.69) is 45.1 Å². The second-order valence-corrected chi connectivity index (χ2v) is 9.84. The molecule has 1 nitrogen and oxygen atoms in total. The Morgan fingerprint density at radius 2 is 1.82 bits per heavy atom. The van der Waals surface area contributed by atoms with Crippen molar-refractivity contribution in [2.24, 2.45) is 23.2 Å². The molecule has 0 bridgehead atoms. The van der Waals surface area contributed by atoms with Crippen molar-refractivity contribution >= 4 is 0 Å². The molecule has 1 heteroatoms. The van der Waals surface area contributed by atoms with Gasteiger partial charge in [-0.25, -0.2) is 0 Å². The Labute approximate surface area is 175 Å². The van der Waals surface area contributed by atoms with E-state index < -0.39 is 0 Å². The molecule has 0 heterocycles. The average Bonchev–Trinajstić information content (AvgIpc) is 3.02. The van der Waals surface area contributed by atoms with E-state index in [4.69, 9.17) is 0 Å². The number of allylic oxidation sites excluding steroid dienone is 5. The maximum absolute atomic E-state index is 9.91. The van der Waals surface area contributed by atoms with Crippen molar-refractivity contribution in [2.75, 3.05) is 0 Å². The molecule has 0 aromatic rings. The molecule has 4 atom stereocenters. The van der Waals surface area contributed by atoms with Gasteiger partial charge in [-0.3, -0.25) is 0 Å². The summed E-state index contributed by atoms with van der Waals surface area (Å²) in [5.74, 6) is 2.43. The summed E-state index contributed by atoms with van der Waals surface area (Å²) in [4.78, 5) is 0. The molecule has 0 aromatic heterocycles. The van der Waals surface area contributed by atoms with Crippen LogP contribution in [0.25, 0.3) is 0 Å². The number of aliphatic hydroxyl groups is 1. The lowest BCUT2D eigenvalue weighted by Gasteiger charge is -2.42. The van der Waals surface area contributed by atoms with Gasteiger partial charge in [0.05, 0.1) is 6.10 Å². The molecule has 0 saturated heterocycles. The van der Waals surface area contributed by atoms with E-state index in [1.165, 1.54) is 56.9 Å². The Morgan fingerprint density at radius 3 is 2.54 bits per heavy atom. The third-order valence-corrected chi connectivity index (χ3v) is 7.42. The molecule has 3 rings (SSSR count). The van der Waals surface area contributed by atoms with E-state index in [0.29, 0.717) is 5.41 Å². The van der Waals surface area contributed by atoms with Gasteiger partial charge in [-0.15, -0.1) is 0 Å². The topological polar surface area (TPSA) is 20.2 Å². The highest BCUT2D eigenvalue weighted by Crippen LogP contribution is 2.58. The van der Waals surface area contributed by atoms with Crippen LogP contribution in [0.2, 0.25) is 0 Å². The Morgan fingerprint density at radius 1 is 1.04 bits per heavy atom.